The van der Waals surface area contributed by atoms with Crippen molar-refractivity contribution in [1.29, 1.82) is 0 Å². The summed E-state index contributed by atoms with van der Waals surface area (Å²) in [5.74, 6) is 0.00298. The van der Waals surface area contributed by atoms with Crippen molar-refractivity contribution in [1.82, 2.24) is 20.2 Å². The van der Waals surface area contributed by atoms with Gasteiger partial charge in [-0.2, -0.15) is 4.68 Å². The standard InChI is InChI=1S/C20H19FN6O3/c1-12-24-25-26-27(12)18-10-15(7-8-17(18)21)22-19(28)11-30-16-4-2-3-14(9-16)23-20(29)13-5-6-13/h2-4,7-10,13H,5-6,11H2,1H3,(H,22,28)(H,23,29). The Hall–Kier alpha value is -3.82. The summed E-state index contributed by atoms with van der Waals surface area (Å²) in [7, 11) is 0. The van der Waals surface area contributed by atoms with E-state index in [0.29, 0.717) is 22.9 Å². The van der Waals surface area contributed by atoms with Gasteiger partial charge in [0.2, 0.25) is 5.91 Å². The van der Waals surface area contributed by atoms with Gasteiger partial charge < -0.3 is 15.4 Å². The zero-order chi connectivity index (χ0) is 21.1. The van der Waals surface area contributed by atoms with Gasteiger partial charge in [-0.05, 0) is 60.5 Å². The fourth-order valence-electron chi connectivity index (χ4n) is 2.81. The van der Waals surface area contributed by atoms with Crippen molar-refractivity contribution in [2.24, 2.45) is 5.92 Å². The molecule has 4 rings (SSSR count). The van der Waals surface area contributed by atoms with Gasteiger partial charge in [-0.15, -0.1) is 5.10 Å². The molecule has 1 saturated carbocycles. The average Bonchev–Trinajstić information content (AvgIpc) is 3.50. The zero-order valence-corrected chi connectivity index (χ0v) is 16.1. The van der Waals surface area contributed by atoms with Gasteiger partial charge in [0.25, 0.3) is 5.91 Å². The van der Waals surface area contributed by atoms with E-state index in [2.05, 4.69) is 26.2 Å². The molecule has 1 aliphatic rings. The van der Waals surface area contributed by atoms with Crippen LogP contribution in [0.2, 0.25) is 0 Å². The molecular weight excluding hydrogens is 391 g/mol. The molecule has 9 nitrogen and oxygen atoms in total. The molecule has 10 heteroatoms. The van der Waals surface area contributed by atoms with Crippen LogP contribution in [0.4, 0.5) is 15.8 Å². The molecule has 1 aromatic heterocycles. The number of amides is 2. The first kappa shape index (κ1) is 19.5. The van der Waals surface area contributed by atoms with Gasteiger partial charge in [0.1, 0.15) is 17.3 Å². The van der Waals surface area contributed by atoms with E-state index in [-0.39, 0.29) is 24.1 Å². The molecular formula is C20H19FN6O3. The lowest BCUT2D eigenvalue weighted by Gasteiger charge is -2.11. The molecule has 1 heterocycles. The molecule has 3 aromatic rings. The average molecular weight is 410 g/mol. The van der Waals surface area contributed by atoms with E-state index in [1.165, 1.54) is 22.9 Å². The second kappa shape index (κ2) is 8.27. The Morgan fingerprint density at radius 2 is 1.97 bits per heavy atom. The predicted octanol–water partition coefficient (Wildman–Crippen LogP) is 2.48. The van der Waals surface area contributed by atoms with Gasteiger partial charge in [-0.1, -0.05) is 6.07 Å². The van der Waals surface area contributed by atoms with Gasteiger partial charge in [-0.25, -0.2) is 4.39 Å². The fourth-order valence-corrected chi connectivity index (χ4v) is 2.81. The molecule has 2 amide bonds. The quantitative estimate of drug-likeness (QED) is 0.619. The molecule has 0 spiro atoms. The summed E-state index contributed by atoms with van der Waals surface area (Å²) in [5, 5.41) is 16.4. The molecule has 30 heavy (non-hydrogen) atoms. The minimum Gasteiger partial charge on any atom is -0.484 e. The summed E-state index contributed by atoms with van der Waals surface area (Å²) in [6.07, 6.45) is 1.83. The molecule has 0 atom stereocenters. The molecule has 2 N–H and O–H groups in total. The number of hydrogen-bond donors (Lipinski definition) is 2. The van der Waals surface area contributed by atoms with Gasteiger partial charge in [0, 0.05) is 23.4 Å². The van der Waals surface area contributed by atoms with Crippen molar-refractivity contribution < 1.29 is 18.7 Å². The van der Waals surface area contributed by atoms with E-state index < -0.39 is 11.7 Å². The topological polar surface area (TPSA) is 111 Å². The number of benzene rings is 2. The van der Waals surface area contributed by atoms with Crippen LogP contribution in [0.25, 0.3) is 5.69 Å². The SMILES string of the molecule is Cc1nnnn1-c1cc(NC(=O)COc2cccc(NC(=O)C3CC3)c2)ccc1F. The first-order valence-corrected chi connectivity index (χ1v) is 9.38. The summed E-state index contributed by atoms with van der Waals surface area (Å²) < 4.78 is 20.9. The Labute approximate surface area is 171 Å². The van der Waals surface area contributed by atoms with Crippen molar-refractivity contribution in [2.45, 2.75) is 19.8 Å². The van der Waals surface area contributed by atoms with E-state index in [1.54, 1.807) is 31.2 Å². The fraction of sp³-hybridized carbons (Fsp3) is 0.250. The number of tetrazole rings is 1. The van der Waals surface area contributed by atoms with Crippen molar-refractivity contribution in [3.05, 3.63) is 54.1 Å². The van der Waals surface area contributed by atoms with Crippen molar-refractivity contribution >= 4 is 23.2 Å². The third-order valence-corrected chi connectivity index (χ3v) is 4.50. The molecule has 154 valence electrons. The van der Waals surface area contributed by atoms with Crippen molar-refractivity contribution in [3.8, 4) is 11.4 Å². The Morgan fingerprint density at radius 1 is 1.17 bits per heavy atom. The number of nitrogens with zero attached hydrogens (tertiary/aromatic N) is 4. The number of carbonyl (C=O) groups is 2. The maximum absolute atomic E-state index is 14.1. The molecule has 1 fully saturated rings. The van der Waals surface area contributed by atoms with E-state index >= 15 is 0 Å². The number of halogens is 1. The number of ether oxygens (including phenoxy) is 1. The monoisotopic (exact) mass is 410 g/mol. The van der Waals surface area contributed by atoms with E-state index in [1.807, 2.05) is 0 Å². The smallest absolute Gasteiger partial charge is 0.262 e. The number of rotatable bonds is 7. The first-order chi connectivity index (χ1) is 14.5. The van der Waals surface area contributed by atoms with Crippen LogP contribution in [0.5, 0.6) is 5.75 Å². The van der Waals surface area contributed by atoms with Crippen LogP contribution in [0.3, 0.4) is 0 Å². The molecule has 0 unspecified atom stereocenters. The van der Waals surface area contributed by atoms with Crippen LogP contribution >= 0.6 is 0 Å². The predicted molar refractivity (Wildman–Crippen MR) is 106 cm³/mol. The number of anilines is 2. The highest BCUT2D eigenvalue weighted by Crippen LogP contribution is 2.30. The molecule has 0 aliphatic heterocycles. The number of carbonyl (C=O) groups excluding carboxylic acids is 2. The summed E-state index contributed by atoms with van der Waals surface area (Å²) in [6.45, 7) is 1.39. The van der Waals surface area contributed by atoms with Crippen LogP contribution < -0.4 is 15.4 Å². The van der Waals surface area contributed by atoms with Gasteiger partial charge in [0.05, 0.1) is 0 Å². The van der Waals surface area contributed by atoms with Gasteiger partial charge >= 0.3 is 0 Å². The number of aromatic nitrogens is 4. The number of hydrogen-bond acceptors (Lipinski definition) is 6. The lowest BCUT2D eigenvalue weighted by atomic mass is 10.2. The minimum absolute atomic E-state index is 0.00479. The lowest BCUT2D eigenvalue weighted by Crippen LogP contribution is -2.20. The largest absolute Gasteiger partial charge is 0.484 e. The highest BCUT2D eigenvalue weighted by Gasteiger charge is 2.29. The van der Waals surface area contributed by atoms with Crippen LogP contribution in [0, 0.1) is 18.7 Å². The highest BCUT2D eigenvalue weighted by molar-refractivity contribution is 5.94. The van der Waals surface area contributed by atoms with Crippen LogP contribution in [-0.2, 0) is 9.59 Å². The summed E-state index contributed by atoms with van der Waals surface area (Å²) in [5.41, 5.74) is 1.11. The first-order valence-electron chi connectivity index (χ1n) is 9.38. The van der Waals surface area contributed by atoms with E-state index in [4.69, 9.17) is 4.74 Å². The van der Waals surface area contributed by atoms with Crippen LogP contribution in [-0.4, -0.2) is 38.6 Å². The maximum atomic E-state index is 14.1. The summed E-state index contributed by atoms with van der Waals surface area (Å²) >= 11 is 0. The Kier molecular flexibility index (Phi) is 5.38. The summed E-state index contributed by atoms with van der Waals surface area (Å²) in [4.78, 5) is 24.1. The highest BCUT2D eigenvalue weighted by atomic mass is 19.1. The maximum Gasteiger partial charge on any atom is 0.262 e. The third kappa shape index (κ3) is 4.59. The lowest BCUT2D eigenvalue weighted by molar-refractivity contribution is -0.118. The number of nitrogens with one attached hydrogen (secondary N) is 2. The van der Waals surface area contributed by atoms with E-state index in [9.17, 15) is 14.0 Å². The van der Waals surface area contributed by atoms with Gasteiger partial charge in [0.15, 0.2) is 12.4 Å². The summed E-state index contributed by atoms with van der Waals surface area (Å²) in [6, 6.07) is 10.9. The normalized spacial score (nSPS) is 13.0. The molecule has 2 aromatic carbocycles. The Balaban J connectivity index is 1.36. The van der Waals surface area contributed by atoms with Crippen LogP contribution in [0.15, 0.2) is 42.5 Å². The van der Waals surface area contributed by atoms with Crippen LogP contribution in [0.1, 0.15) is 18.7 Å². The molecule has 0 bridgehead atoms. The Bertz CT molecular complexity index is 1100. The molecule has 1 aliphatic carbocycles. The zero-order valence-electron chi connectivity index (χ0n) is 16.1. The third-order valence-electron chi connectivity index (χ3n) is 4.50. The minimum atomic E-state index is -0.523. The van der Waals surface area contributed by atoms with E-state index in [0.717, 1.165) is 12.8 Å². The van der Waals surface area contributed by atoms with Crippen molar-refractivity contribution in [3.63, 3.8) is 0 Å². The second-order valence-corrected chi connectivity index (χ2v) is 6.93. The Morgan fingerprint density at radius 3 is 2.70 bits per heavy atom. The molecule has 0 saturated heterocycles. The number of aryl methyl sites for hydroxylation is 1. The second-order valence-electron chi connectivity index (χ2n) is 6.93. The van der Waals surface area contributed by atoms with Gasteiger partial charge in [-0.3, -0.25) is 9.59 Å². The van der Waals surface area contributed by atoms with Crippen molar-refractivity contribution in [2.75, 3.05) is 17.2 Å². The molecule has 0 radical (unpaired) electrons.